The van der Waals surface area contributed by atoms with E-state index in [1.807, 2.05) is 13.8 Å². The molecule has 0 aliphatic carbocycles. The number of hydrogen-bond acceptors (Lipinski definition) is 2. The van der Waals surface area contributed by atoms with E-state index in [0.29, 0.717) is 0 Å². The van der Waals surface area contributed by atoms with Crippen molar-refractivity contribution in [3.8, 4) is 0 Å². The molecule has 2 aliphatic rings. The van der Waals surface area contributed by atoms with Crippen molar-refractivity contribution in [1.82, 2.24) is 4.90 Å². The number of nitrogens with zero attached hydrogens (tertiary/aromatic N) is 2. The largest absolute Gasteiger partial charge is 0.331 e. The van der Waals surface area contributed by atoms with Gasteiger partial charge in [0.15, 0.2) is 0 Å². The molecule has 12 heavy (non-hydrogen) atoms. The normalized spacial score (nSPS) is 19.1. The van der Waals surface area contributed by atoms with Crippen molar-refractivity contribution in [3.05, 3.63) is 23.9 Å². The predicted molar refractivity (Wildman–Crippen MR) is 53.3 cm³/mol. The smallest absolute Gasteiger partial charge is 0.127 e. The van der Waals surface area contributed by atoms with Gasteiger partial charge in [0.1, 0.15) is 5.84 Å². The topological polar surface area (TPSA) is 15.6 Å². The maximum absolute atomic E-state index is 4.30. The summed E-state index contributed by atoms with van der Waals surface area (Å²) in [5.41, 5.74) is 1.31. The molecule has 2 heteroatoms. The number of allylic oxidation sites excluding steroid dienone is 2. The summed E-state index contributed by atoms with van der Waals surface area (Å²) in [6, 6.07) is 0. The molecule has 0 spiro atoms. The van der Waals surface area contributed by atoms with Gasteiger partial charge in [-0.2, -0.15) is 0 Å². The minimum absolute atomic E-state index is 0.948. The van der Waals surface area contributed by atoms with E-state index < -0.39 is 0 Å². The molecule has 0 saturated heterocycles. The number of fused-ring (bicyclic) bond motifs is 1. The number of rotatable bonds is 0. The molecule has 0 fully saturated rings. The quantitative estimate of drug-likeness (QED) is 0.536. The number of hydrogen-bond donors (Lipinski definition) is 0. The average molecular weight is 164 g/mol. The van der Waals surface area contributed by atoms with E-state index in [1.54, 1.807) is 0 Å². The van der Waals surface area contributed by atoms with Gasteiger partial charge in [-0.15, -0.1) is 0 Å². The summed E-state index contributed by atoms with van der Waals surface area (Å²) in [5.74, 6) is 1.12. The second-order valence-corrected chi connectivity index (χ2v) is 2.64. The fourth-order valence-corrected chi connectivity index (χ4v) is 1.25. The van der Waals surface area contributed by atoms with Crippen LogP contribution in [-0.4, -0.2) is 23.8 Å². The summed E-state index contributed by atoms with van der Waals surface area (Å²) < 4.78 is 0. The lowest BCUT2D eigenvalue weighted by Crippen LogP contribution is -2.22. The van der Waals surface area contributed by atoms with E-state index in [4.69, 9.17) is 0 Å². The van der Waals surface area contributed by atoms with Crippen molar-refractivity contribution in [2.75, 3.05) is 13.1 Å². The highest BCUT2D eigenvalue weighted by Crippen LogP contribution is 2.12. The van der Waals surface area contributed by atoms with Crippen molar-refractivity contribution >= 4 is 5.84 Å². The van der Waals surface area contributed by atoms with Crippen LogP contribution in [0.5, 0.6) is 0 Å². The molecule has 2 aliphatic heterocycles. The zero-order valence-corrected chi connectivity index (χ0v) is 8.04. The predicted octanol–water partition coefficient (Wildman–Crippen LogP) is 2.20. The van der Waals surface area contributed by atoms with Crippen molar-refractivity contribution in [2.45, 2.75) is 20.8 Å². The van der Waals surface area contributed by atoms with Crippen LogP contribution >= 0.6 is 0 Å². The third-order valence-corrected chi connectivity index (χ3v) is 1.76. The molecule has 0 aromatic carbocycles. The first-order chi connectivity index (χ1) is 5.86. The Hall–Kier alpha value is -1.05. The highest BCUT2D eigenvalue weighted by molar-refractivity contribution is 5.96. The van der Waals surface area contributed by atoms with Crippen LogP contribution in [0.3, 0.4) is 0 Å². The summed E-state index contributed by atoms with van der Waals surface area (Å²) in [7, 11) is 0. The minimum Gasteiger partial charge on any atom is -0.331 e. The van der Waals surface area contributed by atoms with Crippen LogP contribution in [0.1, 0.15) is 20.8 Å². The summed E-state index contributed by atoms with van der Waals surface area (Å²) >= 11 is 0. The van der Waals surface area contributed by atoms with E-state index in [-0.39, 0.29) is 0 Å². The molecule has 2 rings (SSSR count). The van der Waals surface area contributed by atoms with Crippen LogP contribution in [0, 0.1) is 0 Å². The number of aliphatic imine (C=N–C) groups is 1. The Bertz CT molecular complexity index is 236. The third-order valence-electron chi connectivity index (χ3n) is 1.76. The molecule has 0 atom stereocenters. The van der Waals surface area contributed by atoms with Gasteiger partial charge in [-0.3, -0.25) is 4.99 Å². The highest BCUT2D eigenvalue weighted by atomic mass is 15.2. The molecule has 0 saturated carbocycles. The Labute approximate surface area is 74.3 Å². The van der Waals surface area contributed by atoms with Crippen molar-refractivity contribution < 1.29 is 0 Å². The van der Waals surface area contributed by atoms with Crippen molar-refractivity contribution in [2.24, 2.45) is 4.99 Å². The second kappa shape index (κ2) is 4.10. The van der Waals surface area contributed by atoms with Gasteiger partial charge < -0.3 is 4.90 Å². The molecule has 0 unspecified atom stereocenters. The standard InChI is InChI=1S/C8H10N2.C2H6/c1-7-2-3-8-9-4-5-10(8)6-7;1-2/h2-3,6H,4-5H2,1H3;1-2H3. The lowest BCUT2D eigenvalue weighted by atomic mass is 10.2. The summed E-state index contributed by atoms with van der Waals surface area (Å²) in [5, 5.41) is 0. The van der Waals surface area contributed by atoms with Crippen LogP contribution < -0.4 is 0 Å². The Kier molecular flexibility index (Phi) is 3.09. The monoisotopic (exact) mass is 164 g/mol. The lowest BCUT2D eigenvalue weighted by molar-refractivity contribution is 0.606. The molecular formula is C10H16N2. The molecule has 66 valence electrons. The van der Waals surface area contributed by atoms with Crippen LogP contribution in [0.2, 0.25) is 0 Å². The Balaban J connectivity index is 0.000000336. The van der Waals surface area contributed by atoms with Gasteiger partial charge >= 0.3 is 0 Å². The molecule has 0 radical (unpaired) electrons. The zero-order valence-electron chi connectivity index (χ0n) is 8.04. The van der Waals surface area contributed by atoms with Gasteiger partial charge in [-0.1, -0.05) is 19.9 Å². The van der Waals surface area contributed by atoms with E-state index in [0.717, 1.165) is 18.9 Å². The maximum Gasteiger partial charge on any atom is 0.127 e. The van der Waals surface area contributed by atoms with Crippen LogP contribution in [0.25, 0.3) is 0 Å². The SMILES string of the molecule is CC.CC1=CN2CCN=C2C=C1. The first-order valence-electron chi connectivity index (χ1n) is 4.54. The molecule has 0 amide bonds. The second-order valence-electron chi connectivity index (χ2n) is 2.64. The third kappa shape index (κ3) is 1.76. The summed E-state index contributed by atoms with van der Waals surface area (Å²) in [6.07, 6.45) is 6.31. The van der Waals surface area contributed by atoms with E-state index in [1.165, 1.54) is 5.57 Å². The van der Waals surface area contributed by atoms with Crippen LogP contribution in [0.15, 0.2) is 28.9 Å². The molecule has 2 heterocycles. The lowest BCUT2D eigenvalue weighted by Gasteiger charge is -2.16. The highest BCUT2D eigenvalue weighted by Gasteiger charge is 2.13. The van der Waals surface area contributed by atoms with Gasteiger partial charge in [0.05, 0.1) is 6.54 Å². The fourth-order valence-electron chi connectivity index (χ4n) is 1.25. The molecular weight excluding hydrogens is 148 g/mol. The number of amidine groups is 1. The van der Waals surface area contributed by atoms with Crippen molar-refractivity contribution in [1.29, 1.82) is 0 Å². The molecule has 2 nitrogen and oxygen atoms in total. The Morgan fingerprint density at radius 1 is 1.33 bits per heavy atom. The average Bonchev–Trinajstić information content (AvgIpc) is 2.54. The van der Waals surface area contributed by atoms with E-state index in [9.17, 15) is 0 Å². The van der Waals surface area contributed by atoms with Gasteiger partial charge in [0.25, 0.3) is 0 Å². The first-order valence-corrected chi connectivity index (χ1v) is 4.54. The maximum atomic E-state index is 4.30. The Morgan fingerprint density at radius 3 is 2.83 bits per heavy atom. The molecule has 0 bridgehead atoms. The summed E-state index contributed by atoms with van der Waals surface area (Å²) in [6.45, 7) is 8.10. The van der Waals surface area contributed by atoms with Crippen LogP contribution in [-0.2, 0) is 0 Å². The van der Waals surface area contributed by atoms with E-state index >= 15 is 0 Å². The first kappa shape index (κ1) is 9.04. The molecule has 0 aromatic rings. The van der Waals surface area contributed by atoms with Gasteiger partial charge in [-0.25, -0.2) is 0 Å². The minimum atomic E-state index is 0.948. The van der Waals surface area contributed by atoms with Gasteiger partial charge in [0, 0.05) is 12.7 Å². The molecule has 0 aromatic heterocycles. The van der Waals surface area contributed by atoms with Gasteiger partial charge in [-0.05, 0) is 18.6 Å². The van der Waals surface area contributed by atoms with Crippen molar-refractivity contribution in [3.63, 3.8) is 0 Å². The summed E-state index contributed by atoms with van der Waals surface area (Å²) in [4.78, 5) is 6.49. The molecule has 0 N–H and O–H groups in total. The van der Waals surface area contributed by atoms with E-state index in [2.05, 4.69) is 35.2 Å². The van der Waals surface area contributed by atoms with Gasteiger partial charge in [0.2, 0.25) is 0 Å². The Morgan fingerprint density at radius 2 is 2.08 bits per heavy atom. The van der Waals surface area contributed by atoms with Crippen LogP contribution in [0.4, 0.5) is 0 Å². The fraction of sp³-hybridized carbons (Fsp3) is 0.500. The zero-order chi connectivity index (χ0) is 8.97.